The molecule has 0 saturated heterocycles. The predicted molar refractivity (Wildman–Crippen MR) is 75.9 cm³/mol. The maximum Gasteiger partial charge on any atom is 0.110 e. The van der Waals surface area contributed by atoms with E-state index in [0.29, 0.717) is 6.54 Å². The van der Waals surface area contributed by atoms with Crippen molar-refractivity contribution in [3.8, 4) is 0 Å². The molecule has 0 amide bonds. The standard InChI is InChI=1S/C14H24N2OS/c1-11-9-18-13(16-11)12(2)15-10-14(17)7-5-3-4-6-8-14/h9,12,15,17H,3-8,10H2,1-2H3. The first kappa shape index (κ1) is 14.0. The molecule has 4 heteroatoms. The first-order chi connectivity index (χ1) is 8.59. The average Bonchev–Trinajstić information content (AvgIpc) is 2.66. The summed E-state index contributed by atoms with van der Waals surface area (Å²) in [7, 11) is 0. The molecule has 18 heavy (non-hydrogen) atoms. The monoisotopic (exact) mass is 268 g/mol. The fourth-order valence-corrected chi connectivity index (χ4v) is 3.39. The fourth-order valence-electron chi connectivity index (χ4n) is 2.56. The molecule has 2 N–H and O–H groups in total. The van der Waals surface area contributed by atoms with Crippen molar-refractivity contribution >= 4 is 11.3 Å². The van der Waals surface area contributed by atoms with Crippen LogP contribution in [0.5, 0.6) is 0 Å². The minimum atomic E-state index is -0.503. The van der Waals surface area contributed by atoms with Gasteiger partial charge in [0.15, 0.2) is 0 Å². The fraction of sp³-hybridized carbons (Fsp3) is 0.786. The Hall–Kier alpha value is -0.450. The molecule has 3 nitrogen and oxygen atoms in total. The van der Waals surface area contributed by atoms with Gasteiger partial charge in [-0.3, -0.25) is 0 Å². The van der Waals surface area contributed by atoms with E-state index in [9.17, 15) is 5.11 Å². The zero-order valence-electron chi connectivity index (χ0n) is 11.4. The molecule has 1 atom stereocenters. The summed E-state index contributed by atoms with van der Waals surface area (Å²) in [6, 6.07) is 0.232. The third-order valence-electron chi connectivity index (χ3n) is 3.78. The van der Waals surface area contributed by atoms with Gasteiger partial charge in [0.1, 0.15) is 5.01 Å². The van der Waals surface area contributed by atoms with Crippen LogP contribution in [0.2, 0.25) is 0 Å². The predicted octanol–water partition coefficient (Wildman–Crippen LogP) is 3.19. The van der Waals surface area contributed by atoms with Gasteiger partial charge in [0.2, 0.25) is 0 Å². The lowest BCUT2D eigenvalue weighted by Crippen LogP contribution is -2.41. The van der Waals surface area contributed by atoms with Crippen LogP contribution in [0.3, 0.4) is 0 Å². The van der Waals surface area contributed by atoms with Gasteiger partial charge in [-0.05, 0) is 26.7 Å². The van der Waals surface area contributed by atoms with Crippen molar-refractivity contribution < 1.29 is 5.11 Å². The van der Waals surface area contributed by atoms with E-state index in [1.165, 1.54) is 12.8 Å². The van der Waals surface area contributed by atoms with Crippen LogP contribution in [0.4, 0.5) is 0 Å². The van der Waals surface area contributed by atoms with E-state index < -0.39 is 5.60 Å². The number of nitrogens with one attached hydrogen (secondary N) is 1. The summed E-state index contributed by atoms with van der Waals surface area (Å²) in [5, 5.41) is 17.2. The Balaban J connectivity index is 1.86. The zero-order valence-corrected chi connectivity index (χ0v) is 12.2. The molecule has 1 unspecified atom stereocenters. The van der Waals surface area contributed by atoms with E-state index in [2.05, 4.69) is 22.6 Å². The van der Waals surface area contributed by atoms with Gasteiger partial charge < -0.3 is 10.4 Å². The maximum absolute atomic E-state index is 10.6. The molecule has 1 aliphatic rings. The molecule has 2 rings (SSSR count). The van der Waals surface area contributed by atoms with Crippen molar-refractivity contribution in [2.75, 3.05) is 6.54 Å². The van der Waals surface area contributed by atoms with E-state index in [-0.39, 0.29) is 6.04 Å². The first-order valence-electron chi connectivity index (χ1n) is 6.97. The van der Waals surface area contributed by atoms with Gasteiger partial charge in [-0.15, -0.1) is 11.3 Å². The van der Waals surface area contributed by atoms with Crippen molar-refractivity contribution in [2.24, 2.45) is 0 Å². The highest BCUT2D eigenvalue weighted by Gasteiger charge is 2.28. The average molecular weight is 268 g/mol. The molecule has 1 fully saturated rings. The highest BCUT2D eigenvalue weighted by Crippen LogP contribution is 2.27. The van der Waals surface area contributed by atoms with Crippen LogP contribution in [0.25, 0.3) is 0 Å². The van der Waals surface area contributed by atoms with Gasteiger partial charge >= 0.3 is 0 Å². The van der Waals surface area contributed by atoms with E-state index >= 15 is 0 Å². The second-order valence-corrected chi connectivity index (χ2v) is 6.46. The van der Waals surface area contributed by atoms with Crippen molar-refractivity contribution in [3.05, 3.63) is 16.1 Å². The number of hydrogen-bond donors (Lipinski definition) is 2. The van der Waals surface area contributed by atoms with Gasteiger partial charge in [-0.25, -0.2) is 4.98 Å². The van der Waals surface area contributed by atoms with Gasteiger partial charge in [-0.2, -0.15) is 0 Å². The Labute approximate surface area is 114 Å². The molecular formula is C14H24N2OS. The number of nitrogens with zero attached hydrogens (tertiary/aromatic N) is 1. The third-order valence-corrected chi connectivity index (χ3v) is 4.92. The lowest BCUT2D eigenvalue weighted by Gasteiger charge is -2.28. The third kappa shape index (κ3) is 3.77. The zero-order chi connectivity index (χ0) is 13.0. The second kappa shape index (κ2) is 6.13. The van der Waals surface area contributed by atoms with Crippen molar-refractivity contribution in [2.45, 2.75) is 64.0 Å². The smallest absolute Gasteiger partial charge is 0.110 e. The van der Waals surface area contributed by atoms with Crippen molar-refractivity contribution in [1.82, 2.24) is 10.3 Å². The van der Waals surface area contributed by atoms with Crippen molar-refractivity contribution in [1.29, 1.82) is 0 Å². The number of rotatable bonds is 4. The van der Waals surface area contributed by atoms with E-state index in [1.54, 1.807) is 11.3 Å². The molecule has 0 aromatic carbocycles. The topological polar surface area (TPSA) is 45.1 Å². The Morgan fingerprint density at radius 3 is 2.61 bits per heavy atom. The number of hydrogen-bond acceptors (Lipinski definition) is 4. The number of aromatic nitrogens is 1. The molecule has 0 bridgehead atoms. The SMILES string of the molecule is Cc1csc(C(C)NCC2(O)CCCCCC2)n1. The summed E-state index contributed by atoms with van der Waals surface area (Å²) >= 11 is 1.69. The van der Waals surface area contributed by atoms with Crippen LogP contribution < -0.4 is 5.32 Å². The largest absolute Gasteiger partial charge is 0.389 e. The lowest BCUT2D eigenvalue weighted by molar-refractivity contribution is 0.0231. The highest BCUT2D eigenvalue weighted by molar-refractivity contribution is 7.09. The quantitative estimate of drug-likeness (QED) is 0.824. The van der Waals surface area contributed by atoms with Gasteiger partial charge in [0.05, 0.1) is 11.6 Å². The highest BCUT2D eigenvalue weighted by atomic mass is 32.1. The molecular weight excluding hydrogens is 244 g/mol. The van der Waals surface area contributed by atoms with Gasteiger partial charge in [-0.1, -0.05) is 25.7 Å². The van der Waals surface area contributed by atoms with E-state index in [4.69, 9.17) is 0 Å². The second-order valence-electron chi connectivity index (χ2n) is 5.57. The minimum Gasteiger partial charge on any atom is -0.389 e. The van der Waals surface area contributed by atoms with Crippen LogP contribution in [0.1, 0.15) is 62.2 Å². The molecule has 0 radical (unpaired) electrons. The number of thiazole rings is 1. The maximum atomic E-state index is 10.6. The van der Waals surface area contributed by atoms with E-state index in [0.717, 1.165) is 36.4 Å². The molecule has 0 spiro atoms. The summed E-state index contributed by atoms with van der Waals surface area (Å²) in [5.74, 6) is 0. The van der Waals surface area contributed by atoms with Crippen LogP contribution in [0.15, 0.2) is 5.38 Å². The molecule has 1 heterocycles. The van der Waals surface area contributed by atoms with Crippen LogP contribution >= 0.6 is 11.3 Å². The Morgan fingerprint density at radius 2 is 2.06 bits per heavy atom. The van der Waals surface area contributed by atoms with Gasteiger partial charge in [0.25, 0.3) is 0 Å². The molecule has 1 aromatic rings. The van der Waals surface area contributed by atoms with Crippen LogP contribution in [-0.2, 0) is 0 Å². The molecule has 0 aliphatic heterocycles. The Morgan fingerprint density at radius 1 is 1.39 bits per heavy atom. The summed E-state index contributed by atoms with van der Waals surface area (Å²) in [5.41, 5.74) is 0.577. The van der Waals surface area contributed by atoms with Crippen LogP contribution in [0, 0.1) is 6.92 Å². The normalized spacial score (nSPS) is 21.5. The van der Waals surface area contributed by atoms with Gasteiger partial charge in [0, 0.05) is 17.6 Å². The lowest BCUT2D eigenvalue weighted by atomic mass is 9.94. The summed E-state index contributed by atoms with van der Waals surface area (Å²) in [4.78, 5) is 4.49. The van der Waals surface area contributed by atoms with E-state index in [1.807, 2.05) is 6.92 Å². The van der Waals surface area contributed by atoms with Crippen molar-refractivity contribution in [3.63, 3.8) is 0 Å². The molecule has 1 aromatic heterocycles. The number of aliphatic hydroxyl groups is 1. The van der Waals surface area contributed by atoms with Crippen LogP contribution in [-0.4, -0.2) is 22.2 Å². The summed E-state index contributed by atoms with van der Waals surface area (Å²) in [6.45, 7) is 4.83. The summed E-state index contributed by atoms with van der Waals surface area (Å²) < 4.78 is 0. The Kier molecular flexibility index (Phi) is 4.76. The molecule has 1 aliphatic carbocycles. The molecule has 102 valence electrons. The number of aryl methyl sites for hydroxylation is 1. The molecule has 1 saturated carbocycles. The minimum absolute atomic E-state index is 0.232. The first-order valence-corrected chi connectivity index (χ1v) is 7.85. The Bertz CT molecular complexity index is 370. The summed E-state index contributed by atoms with van der Waals surface area (Å²) in [6.07, 6.45) is 6.71.